The number of aromatic amines is 1. The molecule has 3 aliphatic rings. The zero-order chi connectivity index (χ0) is 14.8. The highest BCUT2D eigenvalue weighted by Gasteiger charge is 2.44. The topological polar surface area (TPSA) is 53.6 Å². The lowest BCUT2D eigenvalue weighted by Gasteiger charge is -2.39. The van der Waals surface area contributed by atoms with E-state index in [0.717, 1.165) is 65.4 Å². The van der Waals surface area contributed by atoms with Gasteiger partial charge in [0.1, 0.15) is 0 Å². The summed E-state index contributed by atoms with van der Waals surface area (Å²) in [4.78, 5) is 12.4. The number of likely N-dealkylation sites (tertiary alicyclic amines) is 1. The van der Waals surface area contributed by atoms with Crippen LogP contribution in [0.1, 0.15) is 25.0 Å². The van der Waals surface area contributed by atoms with Crippen molar-refractivity contribution in [1.82, 2.24) is 19.8 Å². The number of nitrogens with one attached hydrogen (secondary N) is 1. The molecule has 1 atom stereocenters. The van der Waals surface area contributed by atoms with Crippen LogP contribution in [0.25, 0.3) is 0 Å². The summed E-state index contributed by atoms with van der Waals surface area (Å²) in [5, 5.41) is 0. The Morgan fingerprint density at radius 2 is 2.05 bits per heavy atom. The molecule has 0 unspecified atom stereocenters. The Kier molecular flexibility index (Phi) is 4.17. The van der Waals surface area contributed by atoms with Gasteiger partial charge in [-0.15, -0.1) is 0 Å². The molecule has 3 fully saturated rings. The molecule has 4 heterocycles. The number of ether oxygens (including phenoxy) is 2. The molecule has 0 aliphatic carbocycles. The molecule has 4 rings (SSSR count). The van der Waals surface area contributed by atoms with Gasteiger partial charge in [0.05, 0.1) is 31.7 Å². The van der Waals surface area contributed by atoms with E-state index in [0.29, 0.717) is 6.04 Å². The first kappa shape index (κ1) is 14.6. The van der Waals surface area contributed by atoms with E-state index < -0.39 is 0 Å². The Morgan fingerprint density at radius 3 is 2.77 bits per heavy atom. The molecule has 6 nitrogen and oxygen atoms in total. The van der Waals surface area contributed by atoms with Crippen molar-refractivity contribution in [2.24, 2.45) is 0 Å². The summed E-state index contributed by atoms with van der Waals surface area (Å²) in [5.41, 5.74) is 1.34. The van der Waals surface area contributed by atoms with Gasteiger partial charge in [0.2, 0.25) is 0 Å². The zero-order valence-corrected chi connectivity index (χ0v) is 13.2. The molecule has 6 heteroatoms. The number of piperidine rings is 1. The van der Waals surface area contributed by atoms with Crippen molar-refractivity contribution in [3.05, 3.63) is 18.2 Å². The molecule has 1 aromatic heterocycles. The summed E-state index contributed by atoms with van der Waals surface area (Å²) < 4.78 is 11.8. The highest BCUT2D eigenvalue weighted by molar-refractivity contribution is 4.99. The first-order valence-electron chi connectivity index (χ1n) is 8.48. The maximum Gasteiger partial charge on any atom is 0.0922 e. The average molecular weight is 306 g/mol. The lowest BCUT2D eigenvalue weighted by Crippen LogP contribution is -2.46. The largest absolute Gasteiger partial charge is 0.379 e. The van der Waals surface area contributed by atoms with Crippen molar-refractivity contribution < 1.29 is 9.47 Å². The Hall–Kier alpha value is -0.950. The van der Waals surface area contributed by atoms with Gasteiger partial charge in [-0.1, -0.05) is 0 Å². The summed E-state index contributed by atoms with van der Waals surface area (Å²) in [6, 6.07) is 0.600. The summed E-state index contributed by atoms with van der Waals surface area (Å²) in [5.74, 6) is 0. The monoisotopic (exact) mass is 306 g/mol. The number of rotatable bonds is 3. The van der Waals surface area contributed by atoms with Crippen LogP contribution in [0.15, 0.2) is 12.5 Å². The molecule has 0 radical (unpaired) electrons. The number of morpholine rings is 1. The zero-order valence-electron chi connectivity index (χ0n) is 13.2. The van der Waals surface area contributed by atoms with Crippen molar-refractivity contribution in [3.8, 4) is 0 Å². The van der Waals surface area contributed by atoms with Crippen molar-refractivity contribution in [2.75, 3.05) is 46.0 Å². The predicted octanol–water partition coefficient (Wildman–Crippen LogP) is 0.865. The molecule has 1 N–H and O–H groups in total. The third-order valence-corrected chi connectivity index (χ3v) is 5.47. The summed E-state index contributed by atoms with van der Waals surface area (Å²) in [6.07, 6.45) is 7.19. The van der Waals surface area contributed by atoms with Gasteiger partial charge in [-0.3, -0.25) is 9.80 Å². The predicted molar refractivity (Wildman–Crippen MR) is 82.6 cm³/mol. The quantitative estimate of drug-likeness (QED) is 0.898. The van der Waals surface area contributed by atoms with Crippen LogP contribution in [0.2, 0.25) is 0 Å². The van der Waals surface area contributed by atoms with Gasteiger partial charge in [0.25, 0.3) is 0 Å². The number of H-pyrrole nitrogens is 1. The highest BCUT2D eigenvalue weighted by atomic mass is 16.5. The second-order valence-electron chi connectivity index (χ2n) is 6.85. The standard InChI is InChI=1S/C16H26N4O2/c1-3-19(11-14-10-17-13-18-14)4-2-16(1)9-15(12-22-16)20-5-7-21-8-6-20/h10,13,15H,1-9,11-12H2,(H,17,18)/t15-/m1/s1. The van der Waals surface area contributed by atoms with Crippen molar-refractivity contribution >= 4 is 0 Å². The van der Waals surface area contributed by atoms with Crippen LogP contribution in [0.5, 0.6) is 0 Å². The van der Waals surface area contributed by atoms with Crippen LogP contribution >= 0.6 is 0 Å². The van der Waals surface area contributed by atoms with Crippen molar-refractivity contribution in [1.29, 1.82) is 0 Å². The summed E-state index contributed by atoms with van der Waals surface area (Å²) in [6.45, 7) is 8.00. The fourth-order valence-corrected chi connectivity index (χ4v) is 4.08. The van der Waals surface area contributed by atoms with Crippen LogP contribution in [-0.4, -0.2) is 77.4 Å². The molecular formula is C16H26N4O2. The van der Waals surface area contributed by atoms with E-state index in [1.54, 1.807) is 6.33 Å². The first-order chi connectivity index (χ1) is 10.8. The van der Waals surface area contributed by atoms with Gasteiger partial charge in [0, 0.05) is 50.7 Å². The van der Waals surface area contributed by atoms with Crippen LogP contribution in [0.3, 0.4) is 0 Å². The first-order valence-corrected chi connectivity index (χ1v) is 8.48. The Morgan fingerprint density at radius 1 is 1.23 bits per heavy atom. The lowest BCUT2D eigenvalue weighted by atomic mass is 9.87. The van der Waals surface area contributed by atoms with Gasteiger partial charge in [-0.2, -0.15) is 0 Å². The number of imidazole rings is 1. The van der Waals surface area contributed by atoms with Crippen LogP contribution in [0.4, 0.5) is 0 Å². The van der Waals surface area contributed by atoms with E-state index in [1.165, 1.54) is 12.1 Å². The van der Waals surface area contributed by atoms with E-state index in [1.807, 2.05) is 6.20 Å². The highest BCUT2D eigenvalue weighted by Crippen LogP contribution is 2.38. The van der Waals surface area contributed by atoms with E-state index in [2.05, 4.69) is 19.8 Å². The minimum absolute atomic E-state index is 0.132. The molecule has 1 aromatic rings. The van der Waals surface area contributed by atoms with Crippen molar-refractivity contribution in [2.45, 2.75) is 37.5 Å². The van der Waals surface area contributed by atoms with Crippen LogP contribution in [0, 0.1) is 0 Å². The molecule has 0 amide bonds. The van der Waals surface area contributed by atoms with Crippen LogP contribution in [-0.2, 0) is 16.0 Å². The molecule has 0 bridgehead atoms. The second kappa shape index (κ2) is 6.28. The lowest BCUT2D eigenvalue weighted by molar-refractivity contribution is -0.0460. The summed E-state index contributed by atoms with van der Waals surface area (Å²) >= 11 is 0. The van der Waals surface area contributed by atoms with E-state index >= 15 is 0 Å². The van der Waals surface area contributed by atoms with Gasteiger partial charge in [-0.25, -0.2) is 4.98 Å². The molecule has 3 aliphatic heterocycles. The average Bonchev–Trinajstić information content (AvgIpc) is 3.21. The smallest absolute Gasteiger partial charge is 0.0922 e. The van der Waals surface area contributed by atoms with Crippen molar-refractivity contribution in [3.63, 3.8) is 0 Å². The minimum atomic E-state index is 0.132. The fraction of sp³-hybridized carbons (Fsp3) is 0.812. The van der Waals surface area contributed by atoms with E-state index in [4.69, 9.17) is 9.47 Å². The maximum absolute atomic E-state index is 6.30. The van der Waals surface area contributed by atoms with Gasteiger partial charge in [0.15, 0.2) is 0 Å². The number of hydrogen-bond donors (Lipinski definition) is 1. The number of nitrogens with zero attached hydrogens (tertiary/aromatic N) is 3. The molecule has 0 aromatic carbocycles. The minimum Gasteiger partial charge on any atom is -0.379 e. The number of aromatic nitrogens is 2. The van der Waals surface area contributed by atoms with E-state index in [-0.39, 0.29) is 5.60 Å². The molecule has 0 saturated carbocycles. The third-order valence-electron chi connectivity index (χ3n) is 5.47. The van der Waals surface area contributed by atoms with Gasteiger partial charge >= 0.3 is 0 Å². The number of hydrogen-bond acceptors (Lipinski definition) is 5. The molecular weight excluding hydrogens is 280 g/mol. The Labute approximate surface area is 131 Å². The molecule has 122 valence electrons. The van der Waals surface area contributed by atoms with Gasteiger partial charge in [-0.05, 0) is 19.3 Å². The van der Waals surface area contributed by atoms with E-state index in [9.17, 15) is 0 Å². The maximum atomic E-state index is 6.30. The third kappa shape index (κ3) is 3.06. The SMILES string of the molecule is c1ncc(CN2CCC3(CC2)C[C@@H](N2CCOCC2)CO3)[nH]1. The summed E-state index contributed by atoms with van der Waals surface area (Å²) in [7, 11) is 0. The fourth-order valence-electron chi connectivity index (χ4n) is 4.08. The van der Waals surface area contributed by atoms with Crippen LogP contribution < -0.4 is 0 Å². The normalized spacial score (nSPS) is 30.1. The molecule has 1 spiro atoms. The van der Waals surface area contributed by atoms with Gasteiger partial charge < -0.3 is 14.5 Å². The Balaban J connectivity index is 1.29. The second-order valence-corrected chi connectivity index (χ2v) is 6.85. The Bertz CT molecular complexity index is 465. The molecule has 22 heavy (non-hydrogen) atoms. The molecule has 3 saturated heterocycles.